The molecule has 0 radical (unpaired) electrons. The first-order chi connectivity index (χ1) is 15.0. The van der Waals surface area contributed by atoms with Crippen LogP contribution in [-0.4, -0.2) is 50.7 Å². The maximum Gasteiger partial charge on any atom is 0.307 e. The second kappa shape index (κ2) is 10.3. The van der Waals surface area contributed by atoms with E-state index in [4.69, 9.17) is 14.2 Å². The Balaban J connectivity index is 1.86. The molecule has 0 aromatic heterocycles. The average molecular weight is 430 g/mol. The van der Waals surface area contributed by atoms with Crippen molar-refractivity contribution in [2.45, 2.75) is 25.8 Å². The van der Waals surface area contributed by atoms with E-state index in [1.165, 1.54) is 12.1 Å². The van der Waals surface area contributed by atoms with Crippen molar-refractivity contribution in [1.82, 2.24) is 4.90 Å². The molecule has 2 aromatic rings. The van der Waals surface area contributed by atoms with Gasteiger partial charge in [-0.1, -0.05) is 12.1 Å². The number of methoxy groups -OCH3 is 2. The van der Waals surface area contributed by atoms with Crippen LogP contribution in [0, 0.1) is 5.82 Å². The molecule has 1 aliphatic rings. The number of carbonyl (C=O) groups excluding carboxylic acids is 2. The molecule has 3 rings (SSSR count). The van der Waals surface area contributed by atoms with Crippen LogP contribution in [-0.2, 0) is 20.7 Å². The van der Waals surface area contributed by atoms with E-state index >= 15 is 0 Å². The number of amides is 1. The second-order valence-corrected chi connectivity index (χ2v) is 7.18. The first-order valence-corrected chi connectivity index (χ1v) is 10.2. The van der Waals surface area contributed by atoms with Gasteiger partial charge in [-0.3, -0.25) is 14.5 Å². The van der Waals surface area contributed by atoms with Crippen LogP contribution in [0.15, 0.2) is 36.4 Å². The third-order valence-corrected chi connectivity index (χ3v) is 5.27. The Hall–Kier alpha value is -3.13. The predicted octanol–water partition coefficient (Wildman–Crippen LogP) is 3.33. The van der Waals surface area contributed by atoms with Gasteiger partial charge in [0.05, 0.1) is 39.5 Å². The normalized spacial score (nSPS) is 15.7. The third-order valence-electron chi connectivity index (χ3n) is 5.27. The number of esters is 1. The fraction of sp³-hybridized carbons (Fsp3) is 0.391. The van der Waals surface area contributed by atoms with E-state index in [2.05, 4.69) is 5.32 Å². The topological polar surface area (TPSA) is 77.1 Å². The molecule has 0 fully saturated rings. The van der Waals surface area contributed by atoms with Crippen LogP contribution >= 0.6 is 0 Å². The van der Waals surface area contributed by atoms with E-state index in [1.54, 1.807) is 33.3 Å². The number of hydrogen-bond donors (Lipinski definition) is 1. The molecule has 0 bridgehead atoms. The molecule has 7 nitrogen and oxygen atoms in total. The smallest absolute Gasteiger partial charge is 0.307 e. The summed E-state index contributed by atoms with van der Waals surface area (Å²) in [6, 6.07) is 9.38. The number of carbonyl (C=O) groups is 2. The number of nitrogens with one attached hydrogen (secondary N) is 1. The number of hydrogen-bond acceptors (Lipinski definition) is 6. The Morgan fingerprint density at radius 1 is 1.16 bits per heavy atom. The van der Waals surface area contributed by atoms with Crippen molar-refractivity contribution in [1.29, 1.82) is 0 Å². The van der Waals surface area contributed by atoms with Gasteiger partial charge in [0.25, 0.3) is 0 Å². The Kier molecular flexibility index (Phi) is 7.46. The lowest BCUT2D eigenvalue weighted by Gasteiger charge is -2.37. The fourth-order valence-corrected chi connectivity index (χ4v) is 3.82. The van der Waals surface area contributed by atoms with E-state index in [-0.39, 0.29) is 43.2 Å². The standard InChI is InChI=1S/C23H27FN2O5/c1-4-31-23(28)13-19-16-12-21(30-3)20(29-2)11-15(16)9-10-26(19)14-22(27)25-18-8-6-5-7-17(18)24/h5-8,11-12,19H,4,9-10,13-14H2,1-3H3,(H,25,27). The maximum atomic E-state index is 13.9. The Morgan fingerprint density at radius 3 is 2.55 bits per heavy atom. The van der Waals surface area contributed by atoms with E-state index in [0.717, 1.165) is 11.1 Å². The van der Waals surface area contributed by atoms with Crippen molar-refractivity contribution in [3.8, 4) is 11.5 Å². The molecule has 31 heavy (non-hydrogen) atoms. The number of ether oxygens (including phenoxy) is 3. The van der Waals surface area contributed by atoms with Crippen LogP contribution in [0.4, 0.5) is 10.1 Å². The van der Waals surface area contributed by atoms with Crippen molar-refractivity contribution < 1.29 is 28.2 Å². The van der Waals surface area contributed by atoms with E-state index < -0.39 is 5.82 Å². The minimum absolute atomic E-state index is 0.00614. The van der Waals surface area contributed by atoms with Crippen molar-refractivity contribution in [2.24, 2.45) is 0 Å². The molecular formula is C23H27FN2O5. The largest absolute Gasteiger partial charge is 0.493 e. The van der Waals surface area contributed by atoms with Gasteiger partial charge in [0.1, 0.15) is 5.82 Å². The number of halogens is 1. The molecule has 166 valence electrons. The molecule has 0 saturated carbocycles. The SMILES string of the molecule is CCOC(=O)CC1c2cc(OC)c(OC)cc2CCN1CC(=O)Nc1ccccc1F. The van der Waals surface area contributed by atoms with Crippen LogP contribution in [0.1, 0.15) is 30.5 Å². The van der Waals surface area contributed by atoms with Gasteiger partial charge in [-0.15, -0.1) is 0 Å². The minimum Gasteiger partial charge on any atom is -0.493 e. The quantitative estimate of drug-likeness (QED) is 0.648. The molecular weight excluding hydrogens is 403 g/mol. The van der Waals surface area contributed by atoms with E-state index in [9.17, 15) is 14.0 Å². The first kappa shape index (κ1) is 22.6. The van der Waals surface area contributed by atoms with Gasteiger partial charge in [0, 0.05) is 12.6 Å². The summed E-state index contributed by atoms with van der Waals surface area (Å²) in [4.78, 5) is 26.9. The van der Waals surface area contributed by atoms with Crippen molar-refractivity contribution in [3.63, 3.8) is 0 Å². The monoisotopic (exact) mass is 430 g/mol. The van der Waals surface area contributed by atoms with E-state index in [1.807, 2.05) is 17.0 Å². The highest BCUT2D eigenvalue weighted by atomic mass is 19.1. The highest BCUT2D eigenvalue weighted by Crippen LogP contribution is 2.39. The van der Waals surface area contributed by atoms with Crippen molar-refractivity contribution in [3.05, 3.63) is 53.3 Å². The molecule has 1 unspecified atom stereocenters. The van der Waals surface area contributed by atoms with Crippen LogP contribution in [0.5, 0.6) is 11.5 Å². The maximum absolute atomic E-state index is 13.9. The molecule has 0 spiro atoms. The van der Waals surface area contributed by atoms with Gasteiger partial charge in [-0.2, -0.15) is 0 Å². The van der Waals surface area contributed by atoms with Gasteiger partial charge >= 0.3 is 5.97 Å². The summed E-state index contributed by atoms with van der Waals surface area (Å²) < 4.78 is 29.9. The first-order valence-electron chi connectivity index (χ1n) is 10.2. The van der Waals surface area contributed by atoms with Gasteiger partial charge in [0.2, 0.25) is 5.91 Å². The summed E-state index contributed by atoms with van der Waals surface area (Å²) in [6.07, 6.45) is 0.755. The summed E-state index contributed by atoms with van der Waals surface area (Å²) >= 11 is 0. The number of benzene rings is 2. The van der Waals surface area contributed by atoms with Crippen LogP contribution in [0.2, 0.25) is 0 Å². The van der Waals surface area contributed by atoms with Crippen molar-refractivity contribution in [2.75, 3.05) is 39.2 Å². The van der Waals surface area contributed by atoms with Crippen molar-refractivity contribution >= 4 is 17.6 Å². The zero-order chi connectivity index (χ0) is 22.4. The molecule has 1 amide bonds. The minimum atomic E-state index is -0.500. The Labute approximate surface area is 181 Å². The summed E-state index contributed by atoms with van der Waals surface area (Å²) in [6.45, 7) is 2.59. The van der Waals surface area contributed by atoms with Gasteiger partial charge < -0.3 is 19.5 Å². The fourth-order valence-electron chi connectivity index (χ4n) is 3.82. The van der Waals surface area contributed by atoms with Crippen LogP contribution in [0.3, 0.4) is 0 Å². The summed E-state index contributed by atoms with van der Waals surface area (Å²) in [5.74, 6) is -0.0491. The highest BCUT2D eigenvalue weighted by Gasteiger charge is 2.32. The van der Waals surface area contributed by atoms with Crippen LogP contribution < -0.4 is 14.8 Å². The summed E-state index contributed by atoms with van der Waals surface area (Å²) in [5.41, 5.74) is 2.03. The summed E-state index contributed by atoms with van der Waals surface area (Å²) in [7, 11) is 3.12. The lowest BCUT2D eigenvalue weighted by atomic mass is 9.90. The lowest BCUT2D eigenvalue weighted by molar-refractivity contribution is -0.145. The molecule has 1 atom stereocenters. The predicted molar refractivity (Wildman–Crippen MR) is 114 cm³/mol. The number of rotatable bonds is 8. The number of para-hydroxylation sites is 1. The second-order valence-electron chi connectivity index (χ2n) is 7.18. The molecule has 0 saturated heterocycles. The number of nitrogens with zero attached hydrogens (tertiary/aromatic N) is 1. The molecule has 8 heteroatoms. The Morgan fingerprint density at radius 2 is 1.87 bits per heavy atom. The lowest BCUT2D eigenvalue weighted by Crippen LogP contribution is -2.41. The Bertz CT molecular complexity index is 950. The third kappa shape index (κ3) is 5.32. The van der Waals surface area contributed by atoms with Crippen LogP contribution in [0.25, 0.3) is 0 Å². The zero-order valence-electron chi connectivity index (χ0n) is 17.9. The molecule has 1 aliphatic heterocycles. The van der Waals surface area contributed by atoms with Gasteiger partial charge in [-0.25, -0.2) is 4.39 Å². The molecule has 1 heterocycles. The highest BCUT2D eigenvalue weighted by molar-refractivity contribution is 5.92. The molecule has 1 N–H and O–H groups in total. The zero-order valence-corrected chi connectivity index (χ0v) is 17.9. The number of fused-ring (bicyclic) bond motifs is 1. The van der Waals surface area contributed by atoms with E-state index in [0.29, 0.717) is 24.5 Å². The molecule has 0 aliphatic carbocycles. The van der Waals surface area contributed by atoms with Gasteiger partial charge in [-0.05, 0) is 48.7 Å². The molecule has 2 aromatic carbocycles. The van der Waals surface area contributed by atoms with Gasteiger partial charge in [0.15, 0.2) is 11.5 Å². The summed E-state index contributed by atoms with van der Waals surface area (Å²) in [5, 5.41) is 2.60. The number of anilines is 1. The average Bonchev–Trinajstić information content (AvgIpc) is 2.76.